The number of anilines is 1. The fourth-order valence-corrected chi connectivity index (χ4v) is 5.73. The monoisotopic (exact) mass is 565 g/mol. The third kappa shape index (κ3) is 7.21. The normalized spacial score (nSPS) is 11.9. The Labute approximate surface area is 238 Å². The van der Waals surface area contributed by atoms with Crippen LogP contribution in [0, 0.1) is 20.8 Å². The van der Waals surface area contributed by atoms with Gasteiger partial charge in [0.1, 0.15) is 18.3 Å². The van der Waals surface area contributed by atoms with E-state index in [9.17, 15) is 18.0 Å². The van der Waals surface area contributed by atoms with Crippen molar-refractivity contribution >= 4 is 27.5 Å². The lowest BCUT2D eigenvalue weighted by Gasteiger charge is -2.32. The number of benzene rings is 3. The van der Waals surface area contributed by atoms with Crippen LogP contribution in [-0.2, 0) is 26.2 Å². The number of nitrogens with one attached hydrogen (secondary N) is 1. The molecule has 0 radical (unpaired) electrons. The smallest absolute Gasteiger partial charge is 0.264 e. The molecule has 40 heavy (non-hydrogen) atoms. The predicted molar refractivity (Wildman–Crippen MR) is 158 cm³/mol. The van der Waals surface area contributed by atoms with Crippen molar-refractivity contribution in [2.75, 3.05) is 24.5 Å². The average molecular weight is 566 g/mol. The molecule has 2 amide bonds. The number of nitrogens with zero attached hydrogens (tertiary/aromatic N) is 2. The van der Waals surface area contributed by atoms with Crippen LogP contribution in [0.25, 0.3) is 0 Å². The molecule has 3 aromatic rings. The molecule has 0 fully saturated rings. The molecule has 1 N–H and O–H groups in total. The third-order valence-corrected chi connectivity index (χ3v) is 8.74. The van der Waals surface area contributed by atoms with Crippen molar-refractivity contribution in [2.45, 2.75) is 58.5 Å². The Hall–Kier alpha value is -3.85. The van der Waals surface area contributed by atoms with Crippen LogP contribution in [-0.4, -0.2) is 51.4 Å². The fraction of sp³-hybridized carbons (Fsp3) is 0.355. The van der Waals surface area contributed by atoms with E-state index < -0.39 is 28.5 Å². The van der Waals surface area contributed by atoms with E-state index in [1.54, 1.807) is 62.6 Å². The van der Waals surface area contributed by atoms with Crippen molar-refractivity contribution in [1.82, 2.24) is 10.2 Å². The first-order valence-electron chi connectivity index (χ1n) is 13.3. The highest BCUT2D eigenvalue weighted by atomic mass is 32.2. The van der Waals surface area contributed by atoms with Gasteiger partial charge in [-0.05, 0) is 81.1 Å². The molecule has 0 saturated carbocycles. The molecular formula is C31H39N3O5S. The Balaban J connectivity index is 2.05. The maximum Gasteiger partial charge on any atom is 0.264 e. The van der Waals surface area contributed by atoms with Gasteiger partial charge >= 0.3 is 0 Å². The molecule has 0 aromatic heterocycles. The molecule has 0 saturated heterocycles. The number of methoxy groups -OCH3 is 1. The Bertz CT molecular complexity index is 1420. The third-order valence-electron chi connectivity index (χ3n) is 6.96. The lowest BCUT2D eigenvalue weighted by Crippen LogP contribution is -2.51. The molecule has 0 bridgehead atoms. The first kappa shape index (κ1) is 30.7. The topological polar surface area (TPSA) is 96.0 Å². The van der Waals surface area contributed by atoms with Gasteiger partial charge in [-0.15, -0.1) is 0 Å². The molecule has 0 aliphatic carbocycles. The Kier molecular flexibility index (Phi) is 10.3. The first-order valence-corrected chi connectivity index (χ1v) is 14.8. The predicted octanol–water partition coefficient (Wildman–Crippen LogP) is 4.76. The van der Waals surface area contributed by atoms with Gasteiger partial charge in [-0.2, -0.15) is 0 Å². The number of sulfonamides is 1. The maximum absolute atomic E-state index is 14.0. The minimum atomic E-state index is -4.11. The largest absolute Gasteiger partial charge is 0.497 e. The minimum Gasteiger partial charge on any atom is -0.497 e. The van der Waals surface area contributed by atoms with Gasteiger partial charge in [-0.1, -0.05) is 48.9 Å². The summed E-state index contributed by atoms with van der Waals surface area (Å²) in [5.74, 6) is -0.129. The molecule has 1 atom stereocenters. The van der Waals surface area contributed by atoms with Gasteiger partial charge < -0.3 is 15.0 Å². The van der Waals surface area contributed by atoms with Crippen molar-refractivity contribution in [3.8, 4) is 5.75 Å². The molecule has 0 unspecified atom stereocenters. The summed E-state index contributed by atoms with van der Waals surface area (Å²) in [7, 11) is -2.54. The van der Waals surface area contributed by atoms with E-state index in [1.807, 2.05) is 45.9 Å². The molecule has 8 nitrogen and oxygen atoms in total. The highest BCUT2D eigenvalue weighted by Crippen LogP contribution is 2.29. The highest BCUT2D eigenvalue weighted by Gasteiger charge is 2.33. The van der Waals surface area contributed by atoms with Crippen LogP contribution in [0.5, 0.6) is 5.75 Å². The summed E-state index contributed by atoms with van der Waals surface area (Å²) < 4.78 is 34.4. The van der Waals surface area contributed by atoms with Crippen LogP contribution in [0.3, 0.4) is 0 Å². The molecule has 3 aromatic carbocycles. The number of carbonyl (C=O) groups is 2. The molecule has 0 heterocycles. The second-order valence-corrected chi connectivity index (χ2v) is 11.7. The SMILES string of the molecule is CCCNC(=O)[C@@H](C)N(Cc1ccc(OC)cc1)C(=O)CN(c1cccc(C)c1C)S(=O)(=O)c1ccc(C)cc1. The maximum atomic E-state index is 14.0. The van der Waals surface area contributed by atoms with Crippen molar-refractivity contribution in [3.63, 3.8) is 0 Å². The number of ether oxygens (including phenoxy) is 1. The Morgan fingerprint density at radius 2 is 1.60 bits per heavy atom. The van der Waals surface area contributed by atoms with E-state index in [-0.39, 0.29) is 17.3 Å². The summed E-state index contributed by atoms with van der Waals surface area (Å²) >= 11 is 0. The van der Waals surface area contributed by atoms with E-state index in [0.29, 0.717) is 18.0 Å². The van der Waals surface area contributed by atoms with Gasteiger partial charge in [0.2, 0.25) is 11.8 Å². The number of rotatable bonds is 12. The molecule has 3 rings (SSSR count). The zero-order valence-electron chi connectivity index (χ0n) is 24.1. The van der Waals surface area contributed by atoms with Gasteiger partial charge in [0.05, 0.1) is 17.7 Å². The van der Waals surface area contributed by atoms with Gasteiger partial charge in [0.15, 0.2) is 0 Å². The van der Waals surface area contributed by atoms with Crippen LogP contribution >= 0.6 is 0 Å². The summed E-state index contributed by atoms with van der Waals surface area (Å²) in [4.78, 5) is 28.5. The second kappa shape index (κ2) is 13.5. The van der Waals surface area contributed by atoms with Gasteiger partial charge in [-0.3, -0.25) is 13.9 Å². The van der Waals surface area contributed by atoms with Crippen LogP contribution < -0.4 is 14.4 Å². The van der Waals surface area contributed by atoms with E-state index in [1.165, 1.54) is 4.90 Å². The summed E-state index contributed by atoms with van der Waals surface area (Å²) in [5.41, 5.74) is 3.77. The van der Waals surface area contributed by atoms with Crippen molar-refractivity contribution < 1.29 is 22.7 Å². The standard InChI is InChI=1S/C31H39N3O5S/c1-7-19-32-31(36)25(5)33(20-26-13-15-27(39-6)16-14-26)30(35)21-34(29-10-8-9-23(3)24(29)4)40(37,38)28-17-11-22(2)12-18-28/h8-18,25H,7,19-21H2,1-6H3,(H,32,36)/t25-/m1/s1. The molecule has 0 spiro atoms. The van der Waals surface area contributed by atoms with Crippen molar-refractivity contribution in [3.05, 3.63) is 89.0 Å². The van der Waals surface area contributed by atoms with Crippen molar-refractivity contribution in [1.29, 1.82) is 0 Å². The van der Waals surface area contributed by atoms with Crippen LogP contribution in [0.4, 0.5) is 5.69 Å². The minimum absolute atomic E-state index is 0.0854. The van der Waals surface area contributed by atoms with Gasteiger partial charge in [0.25, 0.3) is 10.0 Å². The van der Waals surface area contributed by atoms with Crippen LogP contribution in [0.15, 0.2) is 71.6 Å². The number of aryl methyl sites for hydroxylation is 2. The average Bonchev–Trinajstić information content (AvgIpc) is 2.95. The van der Waals surface area contributed by atoms with Crippen molar-refractivity contribution in [2.24, 2.45) is 0 Å². The number of amides is 2. The Morgan fingerprint density at radius 1 is 0.950 bits per heavy atom. The zero-order valence-corrected chi connectivity index (χ0v) is 24.9. The lowest BCUT2D eigenvalue weighted by molar-refractivity contribution is -0.139. The summed E-state index contributed by atoms with van der Waals surface area (Å²) in [5, 5.41) is 2.85. The Morgan fingerprint density at radius 3 is 2.20 bits per heavy atom. The summed E-state index contributed by atoms with van der Waals surface area (Å²) in [6.45, 7) is 9.34. The zero-order chi connectivity index (χ0) is 29.4. The number of carbonyl (C=O) groups excluding carboxylic acids is 2. The second-order valence-electron chi connectivity index (χ2n) is 9.88. The van der Waals surface area contributed by atoms with Gasteiger partial charge in [-0.25, -0.2) is 8.42 Å². The summed E-state index contributed by atoms with van der Waals surface area (Å²) in [6.07, 6.45) is 0.750. The molecule has 0 aliphatic rings. The van der Waals surface area contributed by atoms with E-state index >= 15 is 0 Å². The molecule has 9 heteroatoms. The van der Waals surface area contributed by atoms with E-state index in [2.05, 4.69) is 5.32 Å². The highest BCUT2D eigenvalue weighted by molar-refractivity contribution is 7.92. The molecule has 0 aliphatic heterocycles. The number of hydrogen-bond acceptors (Lipinski definition) is 5. The van der Waals surface area contributed by atoms with Crippen LogP contribution in [0.1, 0.15) is 42.5 Å². The molecular weight excluding hydrogens is 526 g/mol. The van der Waals surface area contributed by atoms with Gasteiger partial charge in [0, 0.05) is 13.1 Å². The van der Waals surface area contributed by atoms with E-state index in [0.717, 1.165) is 33.0 Å². The quantitative estimate of drug-likeness (QED) is 0.342. The van der Waals surface area contributed by atoms with E-state index in [4.69, 9.17) is 4.74 Å². The van der Waals surface area contributed by atoms with Crippen LogP contribution in [0.2, 0.25) is 0 Å². The summed E-state index contributed by atoms with van der Waals surface area (Å²) in [6, 6.07) is 18.3. The fourth-order valence-electron chi connectivity index (χ4n) is 4.26. The lowest BCUT2D eigenvalue weighted by atomic mass is 10.1. The number of hydrogen-bond donors (Lipinski definition) is 1. The first-order chi connectivity index (χ1) is 19.0. The molecule has 214 valence electrons.